The molecule has 1 amide bonds. The van der Waals surface area contributed by atoms with Crippen LogP contribution in [0, 0.1) is 22.7 Å². The van der Waals surface area contributed by atoms with E-state index in [4.69, 9.17) is 20.0 Å². The topological polar surface area (TPSA) is 145 Å². The van der Waals surface area contributed by atoms with Crippen molar-refractivity contribution in [2.75, 3.05) is 31.6 Å². The second kappa shape index (κ2) is 10.1. The van der Waals surface area contributed by atoms with Gasteiger partial charge in [0.25, 0.3) is 5.91 Å². The lowest BCUT2D eigenvalue weighted by Gasteiger charge is -2.20. The number of sulfonamides is 1. The highest BCUT2D eigenvalue weighted by molar-refractivity contribution is 7.89. The minimum absolute atomic E-state index is 0.00848. The van der Waals surface area contributed by atoms with Gasteiger partial charge in [0.2, 0.25) is 10.0 Å². The Bertz CT molecular complexity index is 1340. The average molecular weight is 498 g/mol. The standard InChI is InChI=1S/C22H19N5O5S2/c23-7-1-9-27(10-2-8-24)34(29,30)16-5-3-15(4-6-16)21(28)26-22-25-17-13-18-19(14-20(17)33-22)32-12-11-31-18/h3-6,13-14H,1-2,9-12H2,(H,25,26,28). The second-order valence-corrected chi connectivity index (χ2v) is 10.2. The quantitative estimate of drug-likeness (QED) is 0.499. The lowest BCUT2D eigenvalue weighted by molar-refractivity contribution is 0.102. The Morgan fingerprint density at radius 2 is 1.68 bits per heavy atom. The summed E-state index contributed by atoms with van der Waals surface area (Å²) < 4.78 is 38.9. The van der Waals surface area contributed by atoms with Crippen LogP contribution in [0.1, 0.15) is 23.2 Å². The summed E-state index contributed by atoms with van der Waals surface area (Å²) in [4.78, 5) is 17.1. The molecule has 0 aliphatic carbocycles. The lowest BCUT2D eigenvalue weighted by atomic mass is 10.2. The molecule has 34 heavy (non-hydrogen) atoms. The van der Waals surface area contributed by atoms with Crippen LogP contribution in [0.2, 0.25) is 0 Å². The van der Waals surface area contributed by atoms with Gasteiger partial charge in [0.05, 0.1) is 27.3 Å². The Morgan fingerprint density at radius 1 is 1.06 bits per heavy atom. The number of rotatable bonds is 8. The lowest BCUT2D eigenvalue weighted by Crippen LogP contribution is -2.32. The van der Waals surface area contributed by atoms with E-state index in [-0.39, 0.29) is 36.4 Å². The van der Waals surface area contributed by atoms with Crippen molar-refractivity contribution >= 4 is 42.6 Å². The molecule has 4 rings (SSSR count). The van der Waals surface area contributed by atoms with Crippen LogP contribution in [0.25, 0.3) is 10.2 Å². The van der Waals surface area contributed by atoms with Crippen LogP contribution in [0.15, 0.2) is 41.3 Å². The summed E-state index contributed by atoms with van der Waals surface area (Å²) in [6.07, 6.45) is 0.0170. The molecule has 0 saturated heterocycles. The van der Waals surface area contributed by atoms with Gasteiger partial charge in [-0.1, -0.05) is 11.3 Å². The van der Waals surface area contributed by atoms with E-state index in [9.17, 15) is 13.2 Å². The van der Waals surface area contributed by atoms with Gasteiger partial charge in [-0.2, -0.15) is 14.8 Å². The third-order valence-corrected chi connectivity index (χ3v) is 7.82. The van der Waals surface area contributed by atoms with Gasteiger partial charge in [-0.3, -0.25) is 10.1 Å². The van der Waals surface area contributed by atoms with E-state index in [1.807, 2.05) is 18.2 Å². The molecular weight excluding hydrogens is 478 g/mol. The van der Waals surface area contributed by atoms with Gasteiger partial charge in [0.1, 0.15) is 13.2 Å². The third kappa shape index (κ3) is 4.94. The van der Waals surface area contributed by atoms with Gasteiger partial charge in [0, 0.05) is 43.6 Å². The molecule has 10 nitrogen and oxygen atoms in total. The number of amides is 1. The summed E-state index contributed by atoms with van der Waals surface area (Å²) in [6, 6.07) is 12.9. The van der Waals surface area contributed by atoms with Crippen molar-refractivity contribution < 1.29 is 22.7 Å². The molecule has 0 saturated carbocycles. The first-order valence-electron chi connectivity index (χ1n) is 10.3. The first kappa shape index (κ1) is 23.4. The fraction of sp³-hybridized carbons (Fsp3) is 0.273. The highest BCUT2D eigenvalue weighted by atomic mass is 32.2. The summed E-state index contributed by atoms with van der Waals surface area (Å²) in [5.74, 6) is 0.805. The molecule has 12 heteroatoms. The van der Waals surface area contributed by atoms with Crippen LogP contribution in [-0.2, 0) is 10.0 Å². The molecule has 1 aliphatic heterocycles. The van der Waals surface area contributed by atoms with E-state index in [1.165, 1.54) is 35.6 Å². The predicted octanol–water partition coefficient (Wildman–Crippen LogP) is 3.14. The number of hydrogen-bond acceptors (Lipinski definition) is 9. The van der Waals surface area contributed by atoms with E-state index < -0.39 is 15.9 Å². The molecule has 0 fully saturated rings. The first-order chi connectivity index (χ1) is 16.4. The smallest absolute Gasteiger partial charge is 0.257 e. The Kier molecular flexibility index (Phi) is 6.93. The number of nitrogens with one attached hydrogen (secondary N) is 1. The molecule has 0 spiro atoms. The zero-order valence-corrected chi connectivity index (χ0v) is 19.5. The zero-order chi connectivity index (χ0) is 24.1. The van der Waals surface area contributed by atoms with Crippen molar-refractivity contribution in [1.82, 2.24) is 9.29 Å². The SMILES string of the molecule is N#CCCN(CCC#N)S(=O)(=O)c1ccc(C(=O)Nc2nc3cc4c(cc3s2)OCCO4)cc1. The van der Waals surface area contributed by atoms with Gasteiger partial charge < -0.3 is 9.47 Å². The normalized spacial score (nSPS) is 12.8. The zero-order valence-electron chi connectivity index (χ0n) is 17.9. The van der Waals surface area contributed by atoms with Crippen molar-refractivity contribution in [2.45, 2.75) is 17.7 Å². The van der Waals surface area contributed by atoms with Gasteiger partial charge in [-0.15, -0.1) is 0 Å². The molecule has 2 aromatic carbocycles. The van der Waals surface area contributed by atoms with Crippen LogP contribution < -0.4 is 14.8 Å². The molecular formula is C22H19N5O5S2. The number of fused-ring (bicyclic) bond motifs is 2. The van der Waals surface area contributed by atoms with Crippen molar-refractivity contribution in [3.8, 4) is 23.6 Å². The largest absolute Gasteiger partial charge is 0.486 e. The fourth-order valence-electron chi connectivity index (χ4n) is 3.32. The fourth-order valence-corrected chi connectivity index (χ4v) is 5.63. The molecule has 0 atom stereocenters. The number of nitrogens with zero attached hydrogens (tertiary/aromatic N) is 4. The maximum atomic E-state index is 12.9. The number of nitriles is 2. The number of hydrogen-bond donors (Lipinski definition) is 1. The summed E-state index contributed by atoms with van der Waals surface area (Å²) in [7, 11) is -3.91. The van der Waals surface area contributed by atoms with Crippen LogP contribution >= 0.6 is 11.3 Å². The van der Waals surface area contributed by atoms with E-state index >= 15 is 0 Å². The molecule has 3 aromatic rings. The Hall–Kier alpha value is -3.71. The number of ether oxygens (including phenoxy) is 2. The van der Waals surface area contributed by atoms with Gasteiger partial charge >= 0.3 is 0 Å². The van der Waals surface area contributed by atoms with Crippen LogP contribution in [0.5, 0.6) is 11.5 Å². The van der Waals surface area contributed by atoms with Crippen LogP contribution in [0.4, 0.5) is 5.13 Å². The number of thiazole rings is 1. The van der Waals surface area contributed by atoms with Crippen molar-refractivity contribution in [2.24, 2.45) is 0 Å². The molecule has 0 unspecified atom stereocenters. The first-order valence-corrected chi connectivity index (χ1v) is 12.5. The Morgan fingerprint density at radius 3 is 2.29 bits per heavy atom. The van der Waals surface area contributed by atoms with E-state index in [1.54, 1.807) is 6.07 Å². The van der Waals surface area contributed by atoms with Crippen molar-refractivity contribution in [3.05, 3.63) is 42.0 Å². The molecule has 0 bridgehead atoms. The molecule has 1 N–H and O–H groups in total. The van der Waals surface area contributed by atoms with Gasteiger partial charge in [-0.25, -0.2) is 13.4 Å². The van der Waals surface area contributed by atoms with E-state index in [2.05, 4.69) is 10.3 Å². The predicted molar refractivity (Wildman–Crippen MR) is 124 cm³/mol. The monoisotopic (exact) mass is 497 g/mol. The number of anilines is 1. The van der Waals surface area contributed by atoms with Crippen LogP contribution in [0.3, 0.4) is 0 Å². The molecule has 1 aromatic heterocycles. The van der Waals surface area contributed by atoms with E-state index in [0.717, 1.165) is 9.01 Å². The van der Waals surface area contributed by atoms with Gasteiger partial charge in [-0.05, 0) is 24.3 Å². The molecule has 1 aliphatic rings. The summed E-state index contributed by atoms with van der Waals surface area (Å²) >= 11 is 1.29. The third-order valence-electron chi connectivity index (χ3n) is 4.97. The Balaban J connectivity index is 1.49. The van der Waals surface area contributed by atoms with Crippen molar-refractivity contribution in [1.29, 1.82) is 10.5 Å². The number of carbonyl (C=O) groups is 1. The van der Waals surface area contributed by atoms with Crippen LogP contribution in [-0.4, -0.2) is 49.9 Å². The Labute approximate surface area is 200 Å². The maximum Gasteiger partial charge on any atom is 0.257 e. The molecule has 0 radical (unpaired) electrons. The average Bonchev–Trinajstić information content (AvgIpc) is 3.23. The molecule has 2 heterocycles. The van der Waals surface area contributed by atoms with E-state index in [0.29, 0.717) is 35.4 Å². The number of benzene rings is 2. The highest BCUT2D eigenvalue weighted by Gasteiger charge is 2.24. The highest BCUT2D eigenvalue weighted by Crippen LogP contribution is 2.37. The maximum absolute atomic E-state index is 12.9. The summed E-state index contributed by atoms with van der Waals surface area (Å²) in [5.41, 5.74) is 0.922. The molecule has 174 valence electrons. The van der Waals surface area contributed by atoms with Crippen molar-refractivity contribution in [3.63, 3.8) is 0 Å². The minimum Gasteiger partial charge on any atom is -0.486 e. The minimum atomic E-state index is -3.91. The summed E-state index contributed by atoms with van der Waals surface area (Å²) in [6.45, 7) is 0.910. The summed E-state index contributed by atoms with van der Waals surface area (Å²) in [5, 5.41) is 20.7. The second-order valence-electron chi connectivity index (χ2n) is 7.18. The number of carbonyl (C=O) groups excluding carboxylic acids is 1. The van der Waals surface area contributed by atoms with Gasteiger partial charge in [0.15, 0.2) is 16.6 Å². The number of aromatic nitrogens is 1.